The first-order valence-electron chi connectivity index (χ1n) is 10.8. The third-order valence-corrected chi connectivity index (χ3v) is 5.97. The van der Waals surface area contributed by atoms with E-state index in [9.17, 15) is 5.11 Å². The molecule has 3 nitrogen and oxygen atoms in total. The Morgan fingerprint density at radius 2 is 1.63 bits per heavy atom. The molecule has 0 saturated carbocycles. The van der Waals surface area contributed by atoms with Gasteiger partial charge in [0, 0.05) is 22.5 Å². The predicted molar refractivity (Wildman–Crippen MR) is 128 cm³/mol. The molecule has 2 aromatic carbocycles. The molecule has 3 aromatic rings. The van der Waals surface area contributed by atoms with Crippen LogP contribution >= 0.6 is 23.2 Å². The smallest absolute Gasteiger partial charge is 0.0924 e. The fourth-order valence-electron chi connectivity index (χ4n) is 3.68. The number of hydrogen-bond acceptors (Lipinski definition) is 3. The molecule has 0 aliphatic rings. The quantitative estimate of drug-likeness (QED) is 0.360. The minimum absolute atomic E-state index is 0.589. The molecule has 0 fully saturated rings. The normalized spacial score (nSPS) is 12.6. The Labute approximate surface area is 189 Å². The molecular weight excluding hydrogens is 415 g/mol. The van der Waals surface area contributed by atoms with Gasteiger partial charge in [-0.2, -0.15) is 0 Å². The maximum absolute atomic E-state index is 11.3. The van der Waals surface area contributed by atoms with Gasteiger partial charge in [0.1, 0.15) is 0 Å². The maximum atomic E-state index is 11.3. The second-order valence-electron chi connectivity index (χ2n) is 7.76. The van der Waals surface area contributed by atoms with Gasteiger partial charge in [0.2, 0.25) is 0 Å². The standard InChI is InChI=1S/C25H30Cl2N2O/c1-3-5-14-29(15-6-4-2)17-24(30)21-16-23(18-10-12-19(26)13-11-18)28-25-20(21)8-7-9-22(25)27/h7-13,16,24,30H,3-6,14-15,17H2,1-2H3/t24-/m1/s1. The summed E-state index contributed by atoms with van der Waals surface area (Å²) >= 11 is 12.5. The van der Waals surface area contributed by atoms with E-state index >= 15 is 0 Å². The first-order valence-corrected chi connectivity index (χ1v) is 11.5. The van der Waals surface area contributed by atoms with Gasteiger partial charge < -0.3 is 10.0 Å². The summed E-state index contributed by atoms with van der Waals surface area (Å²) in [5.74, 6) is 0. The third-order valence-electron chi connectivity index (χ3n) is 5.41. The summed E-state index contributed by atoms with van der Waals surface area (Å²) in [5, 5.41) is 13.4. The molecule has 1 heterocycles. The van der Waals surface area contributed by atoms with Gasteiger partial charge in [-0.05, 0) is 55.8 Å². The van der Waals surface area contributed by atoms with Gasteiger partial charge in [0.25, 0.3) is 0 Å². The van der Waals surface area contributed by atoms with E-state index in [2.05, 4.69) is 18.7 Å². The monoisotopic (exact) mass is 444 g/mol. The summed E-state index contributed by atoms with van der Waals surface area (Å²) in [7, 11) is 0. The van der Waals surface area contributed by atoms with Crippen molar-refractivity contribution in [1.29, 1.82) is 0 Å². The summed E-state index contributed by atoms with van der Waals surface area (Å²) in [4.78, 5) is 7.17. The average Bonchev–Trinajstić information content (AvgIpc) is 2.75. The van der Waals surface area contributed by atoms with Gasteiger partial charge >= 0.3 is 0 Å². The molecule has 1 atom stereocenters. The van der Waals surface area contributed by atoms with Gasteiger partial charge in [0.15, 0.2) is 0 Å². The van der Waals surface area contributed by atoms with Crippen LogP contribution in [0.3, 0.4) is 0 Å². The highest BCUT2D eigenvalue weighted by molar-refractivity contribution is 6.35. The van der Waals surface area contributed by atoms with E-state index in [1.807, 2.05) is 48.5 Å². The number of aliphatic hydroxyl groups is 1. The molecule has 3 rings (SSSR count). The van der Waals surface area contributed by atoms with E-state index in [4.69, 9.17) is 28.2 Å². The molecular formula is C25H30Cl2N2O. The lowest BCUT2D eigenvalue weighted by atomic mass is 9.99. The number of rotatable bonds is 10. The molecule has 160 valence electrons. The van der Waals surface area contributed by atoms with Crippen LogP contribution in [0, 0.1) is 0 Å². The highest BCUT2D eigenvalue weighted by Gasteiger charge is 2.19. The van der Waals surface area contributed by atoms with Crippen molar-refractivity contribution in [2.75, 3.05) is 19.6 Å². The predicted octanol–water partition coefficient (Wildman–Crippen LogP) is 7.14. The lowest BCUT2D eigenvalue weighted by Crippen LogP contribution is -2.31. The van der Waals surface area contributed by atoms with Crippen molar-refractivity contribution < 1.29 is 5.11 Å². The van der Waals surface area contributed by atoms with Crippen LogP contribution < -0.4 is 0 Å². The molecule has 0 bridgehead atoms. The van der Waals surface area contributed by atoms with Crippen molar-refractivity contribution in [3.63, 3.8) is 0 Å². The van der Waals surface area contributed by atoms with Crippen molar-refractivity contribution in [3.05, 3.63) is 64.1 Å². The number of pyridine rings is 1. The van der Waals surface area contributed by atoms with Crippen LogP contribution in [0.1, 0.15) is 51.2 Å². The zero-order valence-electron chi connectivity index (χ0n) is 17.7. The van der Waals surface area contributed by atoms with Crippen LogP contribution in [0.5, 0.6) is 0 Å². The SMILES string of the molecule is CCCCN(CCCC)C[C@@H](O)c1cc(-c2ccc(Cl)cc2)nc2c(Cl)cccc12. The van der Waals surface area contributed by atoms with E-state index < -0.39 is 6.10 Å². The Balaban J connectivity index is 2.00. The highest BCUT2D eigenvalue weighted by atomic mass is 35.5. The average molecular weight is 445 g/mol. The molecule has 0 amide bonds. The summed E-state index contributed by atoms with van der Waals surface area (Å²) < 4.78 is 0. The number of halogens is 2. The van der Waals surface area contributed by atoms with Crippen LogP contribution in [0.4, 0.5) is 0 Å². The Kier molecular flexibility index (Phi) is 8.52. The molecule has 0 spiro atoms. The summed E-state index contributed by atoms with van der Waals surface area (Å²) in [6.07, 6.45) is 3.94. The summed E-state index contributed by atoms with van der Waals surface area (Å²) in [6.45, 7) is 7.00. The number of nitrogens with zero attached hydrogens (tertiary/aromatic N) is 2. The van der Waals surface area contributed by atoms with Gasteiger partial charge in [-0.1, -0.05) is 74.2 Å². The summed E-state index contributed by atoms with van der Waals surface area (Å²) in [6, 6.07) is 15.3. The molecule has 0 saturated heterocycles. The molecule has 0 aliphatic heterocycles. The van der Waals surface area contributed by atoms with Crippen LogP contribution in [-0.4, -0.2) is 34.6 Å². The van der Waals surface area contributed by atoms with Crippen molar-refractivity contribution in [2.24, 2.45) is 0 Å². The minimum atomic E-state index is -0.617. The fourth-order valence-corrected chi connectivity index (χ4v) is 4.03. The Morgan fingerprint density at radius 1 is 0.967 bits per heavy atom. The van der Waals surface area contributed by atoms with Gasteiger partial charge in [-0.15, -0.1) is 0 Å². The van der Waals surface area contributed by atoms with E-state index in [0.717, 1.165) is 61.0 Å². The third kappa shape index (κ3) is 5.73. The van der Waals surface area contributed by atoms with Gasteiger partial charge in [-0.3, -0.25) is 0 Å². The number of aromatic nitrogens is 1. The number of unbranched alkanes of at least 4 members (excludes halogenated alkanes) is 2. The largest absolute Gasteiger partial charge is 0.387 e. The topological polar surface area (TPSA) is 36.4 Å². The van der Waals surface area contributed by atoms with Crippen LogP contribution in [0.15, 0.2) is 48.5 Å². The molecule has 30 heavy (non-hydrogen) atoms. The van der Waals surface area contributed by atoms with Crippen LogP contribution in [-0.2, 0) is 0 Å². The lowest BCUT2D eigenvalue weighted by molar-refractivity contribution is 0.112. The van der Waals surface area contributed by atoms with Gasteiger partial charge in [0.05, 0.1) is 22.3 Å². The van der Waals surface area contributed by atoms with E-state index in [-0.39, 0.29) is 0 Å². The van der Waals surface area contributed by atoms with Crippen molar-refractivity contribution >= 4 is 34.1 Å². The first kappa shape index (κ1) is 23.0. The fraction of sp³-hybridized carbons (Fsp3) is 0.400. The lowest BCUT2D eigenvalue weighted by Gasteiger charge is -2.26. The number of hydrogen-bond donors (Lipinski definition) is 1. The van der Waals surface area contributed by atoms with Gasteiger partial charge in [-0.25, -0.2) is 4.98 Å². The van der Waals surface area contributed by atoms with Crippen molar-refractivity contribution in [1.82, 2.24) is 9.88 Å². The Morgan fingerprint density at radius 3 is 2.27 bits per heavy atom. The van der Waals surface area contributed by atoms with Crippen LogP contribution in [0.25, 0.3) is 22.2 Å². The molecule has 0 unspecified atom stereocenters. The first-order chi connectivity index (χ1) is 14.5. The highest BCUT2D eigenvalue weighted by Crippen LogP contribution is 2.33. The van der Waals surface area contributed by atoms with Crippen LogP contribution in [0.2, 0.25) is 10.0 Å². The molecule has 5 heteroatoms. The summed E-state index contributed by atoms with van der Waals surface area (Å²) in [5.41, 5.74) is 3.32. The Hall–Kier alpha value is -1.65. The maximum Gasteiger partial charge on any atom is 0.0924 e. The van der Waals surface area contributed by atoms with E-state index in [0.29, 0.717) is 22.1 Å². The zero-order valence-corrected chi connectivity index (χ0v) is 19.3. The molecule has 0 radical (unpaired) electrons. The van der Waals surface area contributed by atoms with E-state index in [1.165, 1.54) is 0 Å². The molecule has 1 aromatic heterocycles. The number of aliphatic hydroxyl groups excluding tert-OH is 1. The van der Waals surface area contributed by atoms with E-state index in [1.54, 1.807) is 0 Å². The number of fused-ring (bicyclic) bond motifs is 1. The van der Waals surface area contributed by atoms with Crippen molar-refractivity contribution in [3.8, 4) is 11.3 Å². The zero-order chi connectivity index (χ0) is 21.5. The molecule has 1 N–H and O–H groups in total. The minimum Gasteiger partial charge on any atom is -0.387 e. The Bertz CT molecular complexity index is 951. The number of benzene rings is 2. The molecule has 0 aliphatic carbocycles. The number of para-hydroxylation sites is 1. The second kappa shape index (κ2) is 11.1. The van der Waals surface area contributed by atoms with Crippen molar-refractivity contribution in [2.45, 2.75) is 45.6 Å². The second-order valence-corrected chi connectivity index (χ2v) is 8.61.